The minimum absolute atomic E-state index is 0.0696. The van der Waals surface area contributed by atoms with Gasteiger partial charge in [-0.1, -0.05) is 48.0 Å². The van der Waals surface area contributed by atoms with Crippen molar-refractivity contribution in [2.45, 2.75) is 0 Å². The second kappa shape index (κ2) is 8.24. The predicted molar refractivity (Wildman–Crippen MR) is 109 cm³/mol. The number of hydrogen-bond donors (Lipinski definition) is 1. The van der Waals surface area contributed by atoms with Crippen LogP contribution in [0, 0.1) is 0 Å². The van der Waals surface area contributed by atoms with Gasteiger partial charge in [-0.15, -0.1) is 6.58 Å². The summed E-state index contributed by atoms with van der Waals surface area (Å²) in [7, 11) is 0. The first-order valence-electron chi connectivity index (χ1n) is 7.99. The van der Waals surface area contributed by atoms with E-state index in [1.807, 2.05) is 18.2 Å². The van der Waals surface area contributed by atoms with Gasteiger partial charge in [0.05, 0.1) is 16.2 Å². The number of amidine groups is 1. The van der Waals surface area contributed by atoms with Crippen molar-refractivity contribution in [3.63, 3.8) is 0 Å². The monoisotopic (exact) mass is 398 g/mol. The maximum absolute atomic E-state index is 12.8. The van der Waals surface area contributed by atoms with E-state index in [-0.39, 0.29) is 23.7 Å². The molecule has 136 valence electrons. The Labute approximate surface area is 165 Å². The van der Waals surface area contributed by atoms with Gasteiger partial charge in [-0.2, -0.15) is 0 Å². The summed E-state index contributed by atoms with van der Waals surface area (Å²) in [6.45, 7) is 3.94. The van der Waals surface area contributed by atoms with E-state index in [4.69, 9.17) is 11.6 Å². The third-order valence-corrected chi connectivity index (χ3v) is 5.09. The number of thioether (sulfide) groups is 1. The summed E-state index contributed by atoms with van der Waals surface area (Å²) < 4.78 is 0. The van der Waals surface area contributed by atoms with Crippen LogP contribution in [0.1, 0.15) is 15.9 Å². The van der Waals surface area contributed by atoms with Crippen molar-refractivity contribution in [2.75, 3.05) is 6.54 Å². The largest absolute Gasteiger partial charge is 0.478 e. The van der Waals surface area contributed by atoms with Crippen molar-refractivity contribution in [1.82, 2.24) is 4.90 Å². The van der Waals surface area contributed by atoms with Gasteiger partial charge in [-0.25, -0.2) is 9.79 Å². The molecule has 1 saturated heterocycles. The molecule has 27 heavy (non-hydrogen) atoms. The van der Waals surface area contributed by atoms with Gasteiger partial charge in [-0.3, -0.25) is 9.69 Å². The molecule has 0 saturated carbocycles. The second-order valence-electron chi connectivity index (χ2n) is 5.55. The fraction of sp³-hybridized carbons (Fsp3) is 0.0500. The van der Waals surface area contributed by atoms with E-state index < -0.39 is 5.97 Å². The van der Waals surface area contributed by atoms with E-state index in [1.165, 1.54) is 22.7 Å². The Morgan fingerprint density at radius 3 is 2.63 bits per heavy atom. The fourth-order valence-electron chi connectivity index (χ4n) is 2.47. The van der Waals surface area contributed by atoms with Crippen molar-refractivity contribution >= 4 is 52.2 Å². The number of carbonyl (C=O) groups excluding carboxylic acids is 1. The average Bonchev–Trinajstić information content (AvgIpc) is 2.93. The molecule has 2 aromatic carbocycles. The Balaban J connectivity index is 2.03. The van der Waals surface area contributed by atoms with Crippen molar-refractivity contribution in [2.24, 2.45) is 4.99 Å². The van der Waals surface area contributed by atoms with Gasteiger partial charge < -0.3 is 5.11 Å². The molecule has 1 N–H and O–H groups in total. The molecular weight excluding hydrogens is 384 g/mol. The molecule has 0 unspecified atom stereocenters. The first-order chi connectivity index (χ1) is 13.0. The molecule has 1 aliphatic rings. The standard InChI is InChI=1S/C20H15ClN2O3S/c1-2-11-23-18(24)17(12-13-7-3-5-9-15(13)21)27-20(23)22-16-10-6-4-8-14(16)19(25)26/h2-10,12H,1,11H2,(H,25,26)/b17-12-,22-20?. The lowest BCUT2D eigenvalue weighted by molar-refractivity contribution is -0.121. The Kier molecular flexibility index (Phi) is 5.78. The summed E-state index contributed by atoms with van der Waals surface area (Å²) in [5, 5.41) is 10.3. The highest BCUT2D eigenvalue weighted by molar-refractivity contribution is 8.18. The first-order valence-corrected chi connectivity index (χ1v) is 9.18. The number of hydrogen-bond acceptors (Lipinski definition) is 4. The summed E-state index contributed by atoms with van der Waals surface area (Å²) in [5.74, 6) is -1.31. The zero-order valence-corrected chi connectivity index (χ0v) is 15.7. The van der Waals surface area contributed by atoms with Gasteiger partial charge in [0.1, 0.15) is 0 Å². The Hall–Kier alpha value is -2.83. The smallest absolute Gasteiger partial charge is 0.337 e. The normalized spacial score (nSPS) is 16.9. The molecule has 0 aromatic heterocycles. The summed E-state index contributed by atoms with van der Waals surface area (Å²) >= 11 is 7.35. The molecular formula is C20H15ClN2O3S. The maximum Gasteiger partial charge on any atom is 0.337 e. The van der Waals surface area contributed by atoms with Crippen molar-refractivity contribution in [3.05, 3.63) is 82.2 Å². The average molecular weight is 399 g/mol. The number of carbonyl (C=O) groups is 2. The van der Waals surface area contributed by atoms with E-state index in [0.717, 1.165) is 5.56 Å². The molecule has 1 fully saturated rings. The zero-order chi connectivity index (χ0) is 19.4. The van der Waals surface area contributed by atoms with E-state index in [2.05, 4.69) is 11.6 Å². The number of halogens is 1. The molecule has 5 nitrogen and oxygen atoms in total. The number of aliphatic imine (C=N–C) groups is 1. The third-order valence-electron chi connectivity index (χ3n) is 3.74. The Morgan fingerprint density at radius 1 is 1.22 bits per heavy atom. The van der Waals surface area contributed by atoms with Crippen LogP contribution in [0.25, 0.3) is 6.08 Å². The summed E-state index contributed by atoms with van der Waals surface area (Å²) in [5.41, 5.74) is 1.08. The molecule has 0 bridgehead atoms. The van der Waals surface area contributed by atoms with Crippen LogP contribution < -0.4 is 0 Å². The van der Waals surface area contributed by atoms with Gasteiger partial charge in [0, 0.05) is 11.6 Å². The van der Waals surface area contributed by atoms with E-state index >= 15 is 0 Å². The van der Waals surface area contributed by atoms with Crippen LogP contribution in [0.5, 0.6) is 0 Å². The number of carboxylic acid groups (broad SMARTS) is 1. The number of rotatable bonds is 5. The van der Waals surface area contributed by atoms with Gasteiger partial charge in [0.15, 0.2) is 5.17 Å². The molecule has 0 aliphatic carbocycles. The summed E-state index contributed by atoms with van der Waals surface area (Å²) in [4.78, 5) is 30.5. The van der Waals surface area contributed by atoms with Crippen LogP contribution in [-0.4, -0.2) is 33.6 Å². The minimum Gasteiger partial charge on any atom is -0.478 e. The lowest BCUT2D eigenvalue weighted by atomic mass is 10.2. The van der Waals surface area contributed by atoms with Crippen LogP contribution in [0.2, 0.25) is 5.02 Å². The van der Waals surface area contributed by atoms with Crippen LogP contribution >= 0.6 is 23.4 Å². The van der Waals surface area contributed by atoms with Gasteiger partial charge in [0.25, 0.3) is 5.91 Å². The van der Waals surface area contributed by atoms with E-state index in [9.17, 15) is 14.7 Å². The van der Waals surface area contributed by atoms with Crippen molar-refractivity contribution in [1.29, 1.82) is 0 Å². The topological polar surface area (TPSA) is 70.0 Å². The van der Waals surface area contributed by atoms with Crippen LogP contribution in [0.3, 0.4) is 0 Å². The van der Waals surface area contributed by atoms with Gasteiger partial charge in [0.2, 0.25) is 0 Å². The predicted octanol–water partition coefficient (Wildman–Crippen LogP) is 4.83. The molecule has 1 aliphatic heterocycles. The SMILES string of the molecule is C=CCN1C(=O)/C(=C/c2ccccc2Cl)SC1=Nc1ccccc1C(=O)O. The number of carboxylic acids is 1. The first kappa shape index (κ1) is 18.9. The highest BCUT2D eigenvalue weighted by Gasteiger charge is 2.33. The van der Waals surface area contributed by atoms with Crippen LogP contribution in [-0.2, 0) is 4.79 Å². The summed E-state index contributed by atoms with van der Waals surface area (Å²) in [6, 6.07) is 13.6. The lowest BCUT2D eigenvalue weighted by Crippen LogP contribution is -2.29. The number of nitrogens with zero attached hydrogens (tertiary/aromatic N) is 2. The van der Waals surface area contributed by atoms with Crippen molar-refractivity contribution < 1.29 is 14.7 Å². The second-order valence-corrected chi connectivity index (χ2v) is 6.97. The molecule has 7 heteroatoms. The van der Waals surface area contributed by atoms with Crippen molar-refractivity contribution in [3.8, 4) is 0 Å². The van der Waals surface area contributed by atoms with Crippen LogP contribution in [0.15, 0.2) is 71.1 Å². The highest BCUT2D eigenvalue weighted by Crippen LogP contribution is 2.35. The summed E-state index contributed by atoms with van der Waals surface area (Å²) in [6.07, 6.45) is 3.30. The van der Waals surface area contributed by atoms with E-state index in [1.54, 1.807) is 36.4 Å². The molecule has 1 amide bonds. The number of benzene rings is 2. The number of para-hydroxylation sites is 1. The molecule has 0 atom stereocenters. The number of amides is 1. The zero-order valence-electron chi connectivity index (χ0n) is 14.1. The van der Waals surface area contributed by atoms with Gasteiger partial charge in [-0.05, 0) is 41.6 Å². The molecule has 0 spiro atoms. The molecule has 1 heterocycles. The minimum atomic E-state index is -1.08. The molecule has 3 rings (SSSR count). The Morgan fingerprint density at radius 2 is 1.93 bits per heavy atom. The molecule has 2 aromatic rings. The third kappa shape index (κ3) is 4.13. The Bertz CT molecular complexity index is 985. The quantitative estimate of drug-likeness (QED) is 0.578. The highest BCUT2D eigenvalue weighted by atomic mass is 35.5. The molecule has 0 radical (unpaired) electrons. The van der Waals surface area contributed by atoms with Gasteiger partial charge >= 0.3 is 5.97 Å². The van der Waals surface area contributed by atoms with E-state index in [0.29, 0.717) is 15.1 Å². The fourth-order valence-corrected chi connectivity index (χ4v) is 3.65. The lowest BCUT2D eigenvalue weighted by Gasteiger charge is -2.13. The van der Waals surface area contributed by atoms with Crippen LogP contribution in [0.4, 0.5) is 5.69 Å². The number of aromatic carboxylic acids is 1. The maximum atomic E-state index is 12.8.